The molecule has 1 aromatic carbocycles. The topological polar surface area (TPSA) is 93.6 Å². The van der Waals surface area contributed by atoms with Crippen molar-refractivity contribution >= 4 is 17.6 Å². The van der Waals surface area contributed by atoms with Crippen molar-refractivity contribution in [1.29, 1.82) is 0 Å². The van der Waals surface area contributed by atoms with Crippen LogP contribution in [-0.4, -0.2) is 39.1 Å². The molecule has 0 bridgehead atoms. The van der Waals surface area contributed by atoms with Gasteiger partial charge in [0.1, 0.15) is 5.82 Å². The van der Waals surface area contributed by atoms with Crippen molar-refractivity contribution in [2.75, 3.05) is 7.05 Å². The molecule has 0 aliphatic carbocycles. The summed E-state index contributed by atoms with van der Waals surface area (Å²) in [6, 6.07) is 8.49. The van der Waals surface area contributed by atoms with E-state index in [1.54, 1.807) is 23.8 Å². The Labute approximate surface area is 189 Å². The number of carbonyl (C=O) groups excluding carboxylic acids is 2. The number of pyridine rings is 1. The summed E-state index contributed by atoms with van der Waals surface area (Å²) in [5.74, 6) is -2.09. The molecule has 0 fully saturated rings. The third-order valence-corrected chi connectivity index (χ3v) is 5.94. The van der Waals surface area contributed by atoms with E-state index in [-0.39, 0.29) is 29.3 Å². The van der Waals surface area contributed by atoms with Crippen molar-refractivity contribution in [3.8, 4) is 11.1 Å². The van der Waals surface area contributed by atoms with E-state index < -0.39 is 23.2 Å². The molecule has 2 N–H and O–H groups in total. The van der Waals surface area contributed by atoms with Crippen LogP contribution in [0.1, 0.15) is 41.9 Å². The van der Waals surface area contributed by atoms with Gasteiger partial charge in [-0.2, -0.15) is 4.39 Å². The van der Waals surface area contributed by atoms with Gasteiger partial charge in [0, 0.05) is 49.1 Å². The van der Waals surface area contributed by atoms with Gasteiger partial charge in [0.05, 0.1) is 5.69 Å². The van der Waals surface area contributed by atoms with Crippen molar-refractivity contribution in [1.82, 2.24) is 14.5 Å². The smallest absolute Gasteiger partial charge is 0.266 e. The van der Waals surface area contributed by atoms with Crippen LogP contribution in [0.25, 0.3) is 11.1 Å². The fraction of sp³-hybridized carbons (Fsp3) is 0.250. The molecule has 1 amide bonds. The number of nitrogens with zero attached hydrogens (tertiary/aromatic N) is 4. The molecule has 7 nitrogen and oxygen atoms in total. The maximum Gasteiger partial charge on any atom is 0.266 e. The number of nitrogens with two attached hydrogens (primary N) is 1. The minimum absolute atomic E-state index is 0.0222. The zero-order valence-corrected chi connectivity index (χ0v) is 18.5. The van der Waals surface area contributed by atoms with Crippen LogP contribution in [0.2, 0.25) is 0 Å². The molecule has 0 saturated heterocycles. The quantitative estimate of drug-likeness (QED) is 0.459. The van der Waals surface area contributed by atoms with E-state index in [4.69, 9.17) is 5.73 Å². The first-order valence-electron chi connectivity index (χ1n) is 10.5. The van der Waals surface area contributed by atoms with E-state index in [0.717, 1.165) is 6.07 Å². The molecule has 3 heterocycles. The molecule has 2 aromatic heterocycles. The summed E-state index contributed by atoms with van der Waals surface area (Å²) in [6.07, 6.45) is 3.24. The molecule has 1 unspecified atom stereocenters. The van der Waals surface area contributed by atoms with Gasteiger partial charge in [-0.1, -0.05) is 13.0 Å². The lowest BCUT2D eigenvalue weighted by Gasteiger charge is -2.25. The number of benzene rings is 1. The van der Waals surface area contributed by atoms with Gasteiger partial charge in [0.15, 0.2) is 17.3 Å². The summed E-state index contributed by atoms with van der Waals surface area (Å²) in [4.78, 5) is 35.4. The summed E-state index contributed by atoms with van der Waals surface area (Å²) in [5, 5.41) is 0. The summed E-state index contributed by atoms with van der Waals surface area (Å²) in [7, 11) is 1.49. The Morgan fingerprint density at radius 3 is 2.48 bits per heavy atom. The van der Waals surface area contributed by atoms with Crippen molar-refractivity contribution < 1.29 is 18.4 Å². The van der Waals surface area contributed by atoms with Gasteiger partial charge in [0.2, 0.25) is 5.95 Å². The molecule has 9 heteroatoms. The van der Waals surface area contributed by atoms with E-state index in [2.05, 4.69) is 9.98 Å². The van der Waals surface area contributed by atoms with Crippen LogP contribution >= 0.6 is 0 Å². The molecular formula is C24H23F2N5O2. The number of carbonyl (C=O) groups is 2. The van der Waals surface area contributed by atoms with Gasteiger partial charge in [-0.05, 0) is 42.8 Å². The molecule has 33 heavy (non-hydrogen) atoms. The fourth-order valence-corrected chi connectivity index (χ4v) is 4.11. The third-order valence-electron chi connectivity index (χ3n) is 5.94. The number of hydrogen-bond donors (Lipinski definition) is 1. The van der Waals surface area contributed by atoms with E-state index in [1.165, 1.54) is 42.4 Å². The Balaban J connectivity index is 2.00. The summed E-state index contributed by atoms with van der Waals surface area (Å²) in [5.41, 5.74) is 5.42. The predicted molar refractivity (Wildman–Crippen MR) is 119 cm³/mol. The first kappa shape index (κ1) is 22.3. The molecule has 4 rings (SSSR count). The molecule has 1 aliphatic heterocycles. The monoisotopic (exact) mass is 451 g/mol. The number of Topliss-reactive ketones (excluding diaryl/α,β-unsaturated/α-hetero) is 1. The van der Waals surface area contributed by atoms with Gasteiger partial charge < -0.3 is 10.3 Å². The highest BCUT2D eigenvalue weighted by Crippen LogP contribution is 2.42. The normalized spacial score (nSPS) is 18.0. The highest BCUT2D eigenvalue weighted by Gasteiger charge is 2.50. The van der Waals surface area contributed by atoms with Gasteiger partial charge in [-0.15, -0.1) is 0 Å². The molecule has 3 aromatic rings. The van der Waals surface area contributed by atoms with Crippen LogP contribution < -0.4 is 5.73 Å². The maximum atomic E-state index is 14.8. The van der Waals surface area contributed by atoms with Crippen LogP contribution in [0.5, 0.6) is 0 Å². The Morgan fingerprint density at radius 2 is 1.88 bits per heavy atom. The minimum atomic E-state index is -1.65. The number of aromatic nitrogens is 2. The summed E-state index contributed by atoms with van der Waals surface area (Å²) in [6.45, 7) is 4.13. The number of hydrogen-bond acceptors (Lipinski definition) is 5. The lowest BCUT2D eigenvalue weighted by molar-refractivity contribution is -0.129. The number of amides is 1. The Bertz CT molecular complexity index is 1300. The maximum absolute atomic E-state index is 14.8. The number of aliphatic imine (C=N–C) groups is 1. The lowest BCUT2D eigenvalue weighted by Crippen LogP contribution is -2.41. The average Bonchev–Trinajstić information content (AvgIpc) is 3.35. The first-order valence-corrected chi connectivity index (χ1v) is 10.5. The van der Waals surface area contributed by atoms with Crippen molar-refractivity contribution in [3.05, 3.63) is 77.4 Å². The molecule has 0 radical (unpaired) electrons. The molecule has 0 spiro atoms. The minimum Gasteiger partial charge on any atom is -0.369 e. The Morgan fingerprint density at radius 1 is 1.12 bits per heavy atom. The number of aryl methyl sites for hydroxylation is 1. The highest BCUT2D eigenvalue weighted by atomic mass is 19.1. The number of halogens is 2. The lowest BCUT2D eigenvalue weighted by atomic mass is 9.82. The molecule has 1 atom stereocenters. The number of rotatable bonds is 6. The Kier molecular flexibility index (Phi) is 5.57. The average molecular weight is 451 g/mol. The fourth-order valence-electron chi connectivity index (χ4n) is 4.11. The molecular weight excluding hydrogens is 428 g/mol. The first-order chi connectivity index (χ1) is 15.7. The predicted octanol–water partition coefficient (Wildman–Crippen LogP) is 3.47. The van der Waals surface area contributed by atoms with Crippen molar-refractivity contribution in [2.45, 2.75) is 32.4 Å². The molecule has 170 valence electrons. The van der Waals surface area contributed by atoms with Gasteiger partial charge in [-0.25, -0.2) is 14.4 Å². The molecule has 0 saturated carbocycles. The van der Waals surface area contributed by atoms with E-state index in [1.807, 2.05) is 6.92 Å². The van der Waals surface area contributed by atoms with Gasteiger partial charge in [-0.3, -0.25) is 14.5 Å². The number of likely N-dealkylation sites (N-methyl/N-ethyl adjacent to an activating group) is 1. The van der Waals surface area contributed by atoms with E-state index >= 15 is 0 Å². The van der Waals surface area contributed by atoms with Crippen LogP contribution in [0.15, 0.2) is 53.8 Å². The summed E-state index contributed by atoms with van der Waals surface area (Å²) < 4.78 is 30.9. The van der Waals surface area contributed by atoms with E-state index in [9.17, 15) is 18.4 Å². The zero-order valence-electron chi connectivity index (χ0n) is 18.5. The Hall–Kier alpha value is -3.88. The van der Waals surface area contributed by atoms with Gasteiger partial charge in [0.25, 0.3) is 5.91 Å². The van der Waals surface area contributed by atoms with Crippen LogP contribution in [0, 0.1) is 11.8 Å². The second-order valence-electron chi connectivity index (χ2n) is 7.76. The highest BCUT2D eigenvalue weighted by molar-refractivity contribution is 6.09. The largest absolute Gasteiger partial charge is 0.369 e. The second-order valence-corrected chi connectivity index (χ2v) is 7.76. The standard InChI is InChI=1S/C24H23F2N5O2/c1-4-20(32)19-12-15(13-31(19)5-2)24(22(33)30(3)23(27)29-24)14-8-9-18(25)17(11-14)16-7-6-10-28-21(16)26/h6-13H,4-5H2,1-3H3,(H2,27,29). The SMILES string of the molecule is CCC(=O)c1cc(C2(c3ccc(F)c(-c4cccnc4F)c3)N=C(N)N(C)C2=O)cn1CC. The zero-order chi connectivity index (χ0) is 23.9. The number of ketones is 1. The van der Waals surface area contributed by atoms with Crippen molar-refractivity contribution in [2.24, 2.45) is 10.7 Å². The van der Waals surface area contributed by atoms with Crippen molar-refractivity contribution in [3.63, 3.8) is 0 Å². The van der Waals surface area contributed by atoms with Crippen LogP contribution in [0.4, 0.5) is 8.78 Å². The third kappa shape index (κ3) is 3.40. The second kappa shape index (κ2) is 8.23. The van der Waals surface area contributed by atoms with Gasteiger partial charge >= 0.3 is 0 Å². The van der Waals surface area contributed by atoms with Crippen LogP contribution in [-0.2, 0) is 16.9 Å². The summed E-state index contributed by atoms with van der Waals surface area (Å²) >= 11 is 0. The van der Waals surface area contributed by atoms with E-state index in [0.29, 0.717) is 23.4 Å². The van der Waals surface area contributed by atoms with Crippen LogP contribution in [0.3, 0.4) is 0 Å². The number of guanidine groups is 1. The molecule has 1 aliphatic rings.